The third-order valence-electron chi connectivity index (χ3n) is 10.4. The third-order valence-corrected chi connectivity index (χ3v) is 10.4. The molecular weight excluding hydrogens is 829 g/mol. The van der Waals surface area contributed by atoms with Crippen LogP contribution in [0.4, 0.5) is 4.79 Å². The monoisotopic (exact) mass is 905 g/mol. The van der Waals surface area contributed by atoms with Gasteiger partial charge in [0, 0.05) is 12.8 Å². The van der Waals surface area contributed by atoms with E-state index in [-0.39, 0.29) is 31.6 Å². The highest BCUT2D eigenvalue weighted by atomic mass is 16.8. The molecule has 64 heavy (non-hydrogen) atoms. The topological polar surface area (TPSA) is 200 Å². The molecule has 362 valence electrons. The minimum atomic E-state index is -3.54. The first-order valence-corrected chi connectivity index (χ1v) is 22.7. The van der Waals surface area contributed by atoms with Crippen molar-refractivity contribution >= 4 is 36.1 Å². The molecule has 0 saturated carbocycles. The quantitative estimate of drug-likeness (QED) is 0.0760. The standard InChI is InChI=1S/C49H76O15/c1-15-16-17-18-22-30-35(51)57-37-36(58-42(55)63-46(12,13)14)47(31-24-29-34(50)32(2)25-23-28-33-26-20-19-21-27-33)59-38(39(52)60-43(3,4)5)48(56,40(53)61-44(6,7)8)49(37,64-47)41(54)62-45(9,10)11/h19-21,23,26-28,32,34,36-38,50,56H,15-18,22,24-25,29-31H2,1-14H3/b28-23+/t32-,34-,36-,37-,38-,47+,48-,49+/m1/s1. The van der Waals surface area contributed by atoms with E-state index in [1.54, 1.807) is 41.5 Å². The summed E-state index contributed by atoms with van der Waals surface area (Å²) in [4.78, 5) is 72.4. The van der Waals surface area contributed by atoms with E-state index >= 15 is 4.79 Å². The van der Waals surface area contributed by atoms with Gasteiger partial charge in [-0.05, 0) is 120 Å². The van der Waals surface area contributed by atoms with Crippen LogP contribution in [-0.4, -0.2) is 104 Å². The Morgan fingerprint density at radius 1 is 0.734 bits per heavy atom. The van der Waals surface area contributed by atoms with Crippen LogP contribution < -0.4 is 0 Å². The van der Waals surface area contributed by atoms with Crippen molar-refractivity contribution < 1.29 is 72.1 Å². The highest BCUT2D eigenvalue weighted by Crippen LogP contribution is 2.58. The second-order valence-corrected chi connectivity index (χ2v) is 21.0. The minimum Gasteiger partial charge on any atom is -0.458 e. The van der Waals surface area contributed by atoms with Crippen molar-refractivity contribution in [3.63, 3.8) is 0 Å². The van der Waals surface area contributed by atoms with Crippen LogP contribution in [0.5, 0.6) is 0 Å². The molecule has 0 aliphatic carbocycles. The number of fused-ring (bicyclic) bond motifs is 2. The molecule has 1 aromatic rings. The maximum atomic E-state index is 15.2. The fourth-order valence-electron chi connectivity index (χ4n) is 7.54. The van der Waals surface area contributed by atoms with Crippen LogP contribution in [0, 0.1) is 5.92 Å². The Labute approximate surface area is 380 Å². The summed E-state index contributed by atoms with van der Waals surface area (Å²) in [5.41, 5.74) is -10.8. The predicted molar refractivity (Wildman–Crippen MR) is 237 cm³/mol. The first-order chi connectivity index (χ1) is 29.4. The van der Waals surface area contributed by atoms with Gasteiger partial charge in [-0.2, -0.15) is 0 Å². The highest BCUT2D eigenvalue weighted by Gasteiger charge is 2.88. The summed E-state index contributed by atoms with van der Waals surface area (Å²) in [6.07, 6.45) is -1.12. The summed E-state index contributed by atoms with van der Waals surface area (Å²) in [7, 11) is 0. The molecule has 0 radical (unpaired) electrons. The lowest BCUT2D eigenvalue weighted by atomic mass is 9.74. The largest absolute Gasteiger partial charge is 0.509 e. The molecule has 2 aliphatic heterocycles. The number of benzene rings is 1. The highest BCUT2D eigenvalue weighted by molar-refractivity contribution is 6.00. The lowest BCUT2D eigenvalue weighted by molar-refractivity contribution is -0.378. The number of hydrogen-bond acceptors (Lipinski definition) is 15. The molecule has 1 aromatic carbocycles. The minimum absolute atomic E-state index is 0.0243. The molecule has 15 nitrogen and oxygen atoms in total. The molecule has 2 heterocycles. The van der Waals surface area contributed by atoms with Gasteiger partial charge < -0.3 is 48.1 Å². The Hall–Kier alpha value is -4.05. The molecule has 3 rings (SSSR count). The number of esters is 4. The van der Waals surface area contributed by atoms with Gasteiger partial charge in [0.15, 0.2) is 12.2 Å². The molecule has 2 fully saturated rings. The summed E-state index contributed by atoms with van der Waals surface area (Å²) in [6, 6.07) is 9.69. The van der Waals surface area contributed by atoms with E-state index in [0.29, 0.717) is 19.3 Å². The average Bonchev–Trinajstić information content (AvgIpc) is 3.36. The number of unbranched alkanes of at least 4 members (excludes halogenated alkanes) is 4. The molecule has 15 heteroatoms. The van der Waals surface area contributed by atoms with E-state index in [1.807, 2.05) is 56.3 Å². The summed E-state index contributed by atoms with van der Waals surface area (Å²) in [6.45, 7) is 22.3. The van der Waals surface area contributed by atoms with Crippen molar-refractivity contribution in [2.75, 3.05) is 0 Å². The molecule has 0 aromatic heterocycles. The molecule has 0 spiro atoms. The Bertz CT molecular complexity index is 1760. The van der Waals surface area contributed by atoms with Gasteiger partial charge >= 0.3 is 30.0 Å². The van der Waals surface area contributed by atoms with Gasteiger partial charge in [0.1, 0.15) is 22.4 Å². The van der Waals surface area contributed by atoms with Gasteiger partial charge in [-0.25, -0.2) is 19.2 Å². The lowest BCUT2D eigenvalue weighted by Crippen LogP contribution is -2.79. The number of rotatable bonds is 19. The molecule has 8 atom stereocenters. The lowest BCUT2D eigenvalue weighted by Gasteiger charge is -2.51. The van der Waals surface area contributed by atoms with E-state index in [4.69, 9.17) is 37.9 Å². The predicted octanol–water partition coefficient (Wildman–Crippen LogP) is 8.47. The van der Waals surface area contributed by atoms with E-state index in [9.17, 15) is 29.4 Å². The van der Waals surface area contributed by atoms with E-state index < -0.39 is 93.8 Å². The number of allylic oxidation sites excluding steroid dienone is 1. The second kappa shape index (κ2) is 21.5. The zero-order chi connectivity index (χ0) is 48.5. The van der Waals surface area contributed by atoms with Crippen LogP contribution in [0.15, 0.2) is 36.4 Å². The second-order valence-electron chi connectivity index (χ2n) is 21.0. The molecule has 0 unspecified atom stereocenters. The van der Waals surface area contributed by atoms with Crippen LogP contribution in [0.25, 0.3) is 6.08 Å². The zero-order valence-electron chi connectivity index (χ0n) is 40.7. The Morgan fingerprint density at radius 3 is 1.86 bits per heavy atom. The number of carbonyl (C=O) groups is 5. The summed E-state index contributed by atoms with van der Waals surface area (Å²) < 4.78 is 48.2. The fourth-order valence-corrected chi connectivity index (χ4v) is 7.54. The number of hydrogen-bond donors (Lipinski definition) is 2. The SMILES string of the molecule is CCCCCCCC(=O)O[C@@H]1[C@@H](OC(=O)OC(C)(C)C)[C@@]2(CCC[C@@H](O)[C@H](C)C/C=C/c3ccccc3)O[C@H](C(=O)OC(C)(C)C)[C@@](O)(C(=O)OC(C)(C)C)[C@]1(C(=O)OC(C)(C)C)O2. The van der Waals surface area contributed by atoms with Gasteiger partial charge in [0.2, 0.25) is 17.5 Å². The van der Waals surface area contributed by atoms with Crippen LogP contribution >= 0.6 is 0 Å². The van der Waals surface area contributed by atoms with E-state index in [1.165, 1.54) is 41.5 Å². The summed E-state index contributed by atoms with van der Waals surface area (Å²) in [5, 5.41) is 24.7. The van der Waals surface area contributed by atoms with Gasteiger partial charge in [-0.1, -0.05) is 82.0 Å². The van der Waals surface area contributed by atoms with Crippen LogP contribution in [0.2, 0.25) is 0 Å². The first-order valence-electron chi connectivity index (χ1n) is 22.7. The average molecular weight is 905 g/mol. The molecule has 2 saturated heterocycles. The van der Waals surface area contributed by atoms with E-state index in [0.717, 1.165) is 24.8 Å². The Morgan fingerprint density at radius 2 is 1.30 bits per heavy atom. The Balaban J connectivity index is 2.33. The van der Waals surface area contributed by atoms with Crippen molar-refractivity contribution in [1.29, 1.82) is 0 Å². The fraction of sp³-hybridized carbons (Fsp3) is 0.735. The van der Waals surface area contributed by atoms with Crippen molar-refractivity contribution in [3.8, 4) is 0 Å². The van der Waals surface area contributed by atoms with Crippen LogP contribution in [0.1, 0.15) is 167 Å². The molecule has 2 bridgehead atoms. The van der Waals surface area contributed by atoms with Crippen molar-refractivity contribution in [2.24, 2.45) is 5.92 Å². The maximum Gasteiger partial charge on any atom is 0.509 e. The maximum absolute atomic E-state index is 15.2. The van der Waals surface area contributed by atoms with Crippen molar-refractivity contribution in [2.45, 2.75) is 225 Å². The third kappa shape index (κ3) is 14.5. The van der Waals surface area contributed by atoms with Gasteiger partial charge in [0.05, 0.1) is 6.10 Å². The van der Waals surface area contributed by atoms with E-state index in [2.05, 4.69) is 0 Å². The Kier molecular flexibility index (Phi) is 18.2. The number of ether oxygens (including phenoxy) is 8. The van der Waals surface area contributed by atoms with Gasteiger partial charge in [0.25, 0.3) is 5.60 Å². The van der Waals surface area contributed by atoms with Crippen LogP contribution in [-0.2, 0) is 57.1 Å². The van der Waals surface area contributed by atoms with Gasteiger partial charge in [-0.3, -0.25) is 4.79 Å². The smallest absolute Gasteiger partial charge is 0.458 e. The molecule has 2 N–H and O–H groups in total. The molecule has 0 amide bonds. The number of aliphatic hydroxyl groups excluding tert-OH is 1. The van der Waals surface area contributed by atoms with Gasteiger partial charge in [-0.15, -0.1) is 0 Å². The number of aliphatic hydroxyl groups is 2. The zero-order valence-corrected chi connectivity index (χ0v) is 40.7. The molecular formula is C49H76O15. The van der Waals surface area contributed by atoms with Crippen molar-refractivity contribution in [3.05, 3.63) is 42.0 Å². The molecule has 2 aliphatic rings. The van der Waals surface area contributed by atoms with Crippen LogP contribution in [0.3, 0.4) is 0 Å². The first kappa shape index (κ1) is 54.3. The van der Waals surface area contributed by atoms with Crippen molar-refractivity contribution in [1.82, 2.24) is 0 Å². The summed E-state index contributed by atoms with van der Waals surface area (Å²) >= 11 is 0. The normalized spacial score (nSPS) is 25.8. The summed E-state index contributed by atoms with van der Waals surface area (Å²) in [5.74, 6) is -7.97. The number of carbonyl (C=O) groups excluding carboxylic acids is 5.